The van der Waals surface area contributed by atoms with Crippen LogP contribution < -0.4 is 0 Å². The first-order chi connectivity index (χ1) is 10.7. The average molecular weight is 355 g/mol. The summed E-state index contributed by atoms with van der Waals surface area (Å²) in [7, 11) is -1.64. The zero-order valence-electron chi connectivity index (χ0n) is 13.9. The quantitative estimate of drug-likeness (QED) is 0.844. The lowest BCUT2D eigenvalue weighted by molar-refractivity contribution is 0.391. The monoisotopic (exact) mass is 354 g/mol. The number of nitrogens with zero attached hydrogens (tertiary/aromatic N) is 4. The van der Waals surface area contributed by atoms with E-state index in [0.29, 0.717) is 11.7 Å². The molecule has 0 N–H and O–H groups in total. The van der Waals surface area contributed by atoms with E-state index in [1.165, 1.54) is 17.8 Å². The van der Waals surface area contributed by atoms with Gasteiger partial charge in [0.25, 0.3) is 0 Å². The Bertz CT molecular complexity index is 811. The highest BCUT2D eigenvalue weighted by Crippen LogP contribution is 2.35. The minimum absolute atomic E-state index is 0.104. The summed E-state index contributed by atoms with van der Waals surface area (Å²) in [5, 5.41) is 8.29. The summed E-state index contributed by atoms with van der Waals surface area (Å²) in [5.74, 6) is 1.66. The molecule has 3 rings (SSSR count). The van der Waals surface area contributed by atoms with E-state index in [-0.39, 0.29) is 15.5 Å². The minimum Gasteiger partial charge on any atom is -0.317 e. The smallest absolute Gasteiger partial charge is 0.212 e. The largest absolute Gasteiger partial charge is 0.317 e. The number of hydrogen-bond donors (Lipinski definition) is 0. The fourth-order valence-corrected chi connectivity index (χ4v) is 5.09. The molecule has 2 aromatic rings. The number of sulfone groups is 1. The van der Waals surface area contributed by atoms with Gasteiger partial charge in [-0.3, -0.25) is 0 Å². The van der Waals surface area contributed by atoms with Crippen LogP contribution in [-0.4, -0.2) is 28.2 Å². The zero-order valence-corrected chi connectivity index (χ0v) is 15.5. The molecule has 0 saturated heterocycles. The summed E-state index contributed by atoms with van der Waals surface area (Å²) in [4.78, 5) is 5.08. The van der Waals surface area contributed by atoms with E-state index in [9.17, 15) is 8.42 Å². The molecule has 0 radical (unpaired) electrons. The lowest BCUT2D eigenvalue weighted by Gasteiger charge is -2.24. The van der Waals surface area contributed by atoms with E-state index < -0.39 is 9.84 Å². The third kappa shape index (κ3) is 3.19. The molecule has 2 heterocycles. The molecule has 1 aliphatic carbocycles. The second-order valence-corrected chi connectivity index (χ2v) is 10.4. The van der Waals surface area contributed by atoms with Gasteiger partial charge >= 0.3 is 0 Å². The SMILES string of the molecule is Cn1c(CS(=O)(=O)c2ncc(C(C)(C)C)s2)nnc1C1CCC1. The van der Waals surface area contributed by atoms with Crippen molar-refractivity contribution in [1.29, 1.82) is 0 Å². The highest BCUT2D eigenvalue weighted by molar-refractivity contribution is 7.92. The van der Waals surface area contributed by atoms with Gasteiger partial charge in [-0.2, -0.15) is 0 Å². The lowest BCUT2D eigenvalue weighted by atomic mass is 9.85. The third-order valence-corrected chi connectivity index (χ3v) is 7.78. The van der Waals surface area contributed by atoms with E-state index in [1.54, 1.807) is 6.20 Å². The molecule has 6 nitrogen and oxygen atoms in total. The van der Waals surface area contributed by atoms with Crippen LogP contribution in [0.2, 0.25) is 0 Å². The van der Waals surface area contributed by atoms with Crippen molar-refractivity contribution in [2.24, 2.45) is 7.05 Å². The molecule has 126 valence electrons. The third-order valence-electron chi connectivity index (χ3n) is 4.28. The first-order valence-electron chi connectivity index (χ1n) is 7.76. The maximum atomic E-state index is 12.6. The maximum absolute atomic E-state index is 12.6. The van der Waals surface area contributed by atoms with Crippen LogP contribution in [0.15, 0.2) is 10.5 Å². The highest BCUT2D eigenvalue weighted by Gasteiger charge is 2.29. The van der Waals surface area contributed by atoms with Crippen molar-refractivity contribution in [3.63, 3.8) is 0 Å². The highest BCUT2D eigenvalue weighted by atomic mass is 32.2. The van der Waals surface area contributed by atoms with Crippen molar-refractivity contribution >= 4 is 21.2 Å². The molecule has 0 amide bonds. The van der Waals surface area contributed by atoms with Gasteiger partial charge in [0.2, 0.25) is 14.2 Å². The molecular weight excluding hydrogens is 332 g/mol. The van der Waals surface area contributed by atoms with Gasteiger partial charge in [0.15, 0.2) is 0 Å². The van der Waals surface area contributed by atoms with Crippen LogP contribution in [0.5, 0.6) is 0 Å². The zero-order chi connectivity index (χ0) is 16.8. The molecule has 1 fully saturated rings. The Hall–Kier alpha value is -1.28. The van der Waals surface area contributed by atoms with Gasteiger partial charge in [-0.25, -0.2) is 13.4 Å². The summed E-state index contributed by atoms with van der Waals surface area (Å²) >= 11 is 1.24. The molecule has 0 atom stereocenters. The Labute approximate surface area is 140 Å². The average Bonchev–Trinajstić information content (AvgIpc) is 2.98. The molecule has 23 heavy (non-hydrogen) atoms. The Morgan fingerprint density at radius 1 is 1.30 bits per heavy atom. The van der Waals surface area contributed by atoms with Crippen molar-refractivity contribution < 1.29 is 8.42 Å². The van der Waals surface area contributed by atoms with Crippen LogP contribution in [-0.2, 0) is 28.1 Å². The van der Waals surface area contributed by atoms with Crippen LogP contribution in [0.25, 0.3) is 0 Å². The summed E-state index contributed by atoms with van der Waals surface area (Å²) in [6.45, 7) is 6.14. The first kappa shape index (κ1) is 16.6. The minimum atomic E-state index is -3.49. The van der Waals surface area contributed by atoms with Gasteiger partial charge in [0.1, 0.15) is 17.4 Å². The molecule has 0 unspecified atom stereocenters. The van der Waals surface area contributed by atoms with E-state index in [2.05, 4.69) is 15.2 Å². The Morgan fingerprint density at radius 2 is 2.00 bits per heavy atom. The van der Waals surface area contributed by atoms with E-state index >= 15 is 0 Å². The fourth-order valence-electron chi connectivity index (χ4n) is 2.50. The second-order valence-electron chi connectivity index (χ2n) is 7.16. The van der Waals surface area contributed by atoms with Crippen molar-refractivity contribution in [3.05, 3.63) is 22.7 Å². The van der Waals surface area contributed by atoms with Gasteiger partial charge < -0.3 is 4.57 Å². The van der Waals surface area contributed by atoms with E-state index in [1.807, 2.05) is 32.4 Å². The van der Waals surface area contributed by atoms with Gasteiger partial charge in [-0.05, 0) is 18.3 Å². The molecule has 0 spiro atoms. The Morgan fingerprint density at radius 3 is 2.52 bits per heavy atom. The van der Waals surface area contributed by atoms with Crippen LogP contribution in [0, 0.1) is 0 Å². The number of hydrogen-bond acceptors (Lipinski definition) is 6. The molecule has 1 aliphatic rings. The molecule has 0 bridgehead atoms. The molecule has 1 saturated carbocycles. The summed E-state index contributed by atoms with van der Waals surface area (Å²) in [6, 6.07) is 0. The molecule has 0 aliphatic heterocycles. The topological polar surface area (TPSA) is 77.7 Å². The standard InChI is InChI=1S/C15H22N4O2S2/c1-15(2,3)11-8-16-14(22-11)23(20,21)9-12-17-18-13(19(12)4)10-6-5-7-10/h8,10H,5-7,9H2,1-4H3. The first-order valence-corrected chi connectivity index (χ1v) is 10.2. The van der Waals surface area contributed by atoms with Crippen molar-refractivity contribution in [2.75, 3.05) is 0 Å². The fraction of sp³-hybridized carbons (Fsp3) is 0.667. The molecule has 2 aromatic heterocycles. The maximum Gasteiger partial charge on any atom is 0.212 e. The Balaban J connectivity index is 1.84. The normalized spacial score (nSPS) is 16.5. The van der Waals surface area contributed by atoms with Gasteiger partial charge in [-0.15, -0.1) is 21.5 Å². The van der Waals surface area contributed by atoms with E-state index in [4.69, 9.17) is 0 Å². The van der Waals surface area contributed by atoms with Crippen LogP contribution in [0.3, 0.4) is 0 Å². The molecular formula is C15H22N4O2S2. The predicted octanol–water partition coefficient (Wildman–Crippen LogP) is 2.81. The predicted molar refractivity (Wildman–Crippen MR) is 89.3 cm³/mol. The molecule has 8 heteroatoms. The van der Waals surface area contributed by atoms with Gasteiger partial charge in [0, 0.05) is 24.0 Å². The lowest BCUT2D eigenvalue weighted by Crippen LogP contribution is -2.16. The van der Waals surface area contributed by atoms with Gasteiger partial charge in [-0.1, -0.05) is 27.2 Å². The van der Waals surface area contributed by atoms with Crippen molar-refractivity contribution in [1.82, 2.24) is 19.7 Å². The van der Waals surface area contributed by atoms with Crippen LogP contribution in [0.4, 0.5) is 0 Å². The van der Waals surface area contributed by atoms with Crippen molar-refractivity contribution in [3.8, 4) is 0 Å². The second kappa shape index (κ2) is 5.66. The van der Waals surface area contributed by atoms with Crippen molar-refractivity contribution in [2.45, 2.75) is 61.5 Å². The van der Waals surface area contributed by atoms with Crippen LogP contribution >= 0.6 is 11.3 Å². The summed E-state index contributed by atoms with van der Waals surface area (Å²) in [5.41, 5.74) is -0.104. The van der Waals surface area contributed by atoms with Crippen LogP contribution in [0.1, 0.15) is 62.5 Å². The van der Waals surface area contributed by atoms with Gasteiger partial charge in [0.05, 0.1) is 0 Å². The summed E-state index contributed by atoms with van der Waals surface area (Å²) in [6.07, 6.45) is 5.09. The van der Waals surface area contributed by atoms with E-state index in [0.717, 1.165) is 23.5 Å². The Kier molecular flexibility index (Phi) is 4.08. The number of rotatable bonds is 4. The molecule has 0 aromatic carbocycles. The number of aromatic nitrogens is 4. The number of thiazole rings is 1. The summed E-state index contributed by atoms with van der Waals surface area (Å²) < 4.78 is 27.2.